The SMILES string of the molecule is CC(C)(COC(=O)CCNCCCN1CCCC1)COC(=O)CCN(CCC=O)CCCCCO.COCC(C)(C)COC(=O)CCNCCCN1CCCC1. The number of nitrogens with zero attached hydrogens (tertiary/aromatic N) is 3. The number of hydrogen-bond donors (Lipinski definition) is 3. The van der Waals surface area contributed by atoms with Crippen LogP contribution in [0.2, 0.25) is 0 Å². The molecule has 328 valence electrons. The summed E-state index contributed by atoms with van der Waals surface area (Å²) in [5.74, 6) is -0.677. The highest BCUT2D eigenvalue weighted by Gasteiger charge is 2.23. The van der Waals surface area contributed by atoms with E-state index in [9.17, 15) is 19.2 Å². The number of rotatable bonds is 33. The Morgan fingerprint density at radius 1 is 0.625 bits per heavy atom. The number of likely N-dealkylation sites (tertiary alicyclic amines) is 2. The first-order valence-corrected chi connectivity index (χ1v) is 21.5. The van der Waals surface area contributed by atoms with Gasteiger partial charge < -0.3 is 54.2 Å². The van der Waals surface area contributed by atoms with Crippen LogP contribution in [0.1, 0.15) is 111 Å². The average Bonchev–Trinajstić information content (AvgIpc) is 3.90. The van der Waals surface area contributed by atoms with Crippen LogP contribution in [-0.4, -0.2) is 169 Å². The summed E-state index contributed by atoms with van der Waals surface area (Å²) in [5.41, 5.74) is -0.580. The lowest BCUT2D eigenvalue weighted by atomic mass is 9.96. The fourth-order valence-electron chi connectivity index (χ4n) is 6.46. The van der Waals surface area contributed by atoms with Crippen molar-refractivity contribution in [3.05, 3.63) is 0 Å². The number of hydrogen-bond acceptors (Lipinski definition) is 14. The third-order valence-corrected chi connectivity index (χ3v) is 9.80. The van der Waals surface area contributed by atoms with E-state index in [4.69, 9.17) is 24.1 Å². The van der Waals surface area contributed by atoms with Gasteiger partial charge in [0.1, 0.15) is 6.29 Å². The number of nitrogens with one attached hydrogen (secondary N) is 2. The van der Waals surface area contributed by atoms with Gasteiger partial charge in [0.25, 0.3) is 0 Å². The highest BCUT2D eigenvalue weighted by molar-refractivity contribution is 5.70. The molecule has 0 aromatic carbocycles. The van der Waals surface area contributed by atoms with Crippen molar-refractivity contribution in [1.29, 1.82) is 0 Å². The van der Waals surface area contributed by atoms with Gasteiger partial charge in [-0.25, -0.2) is 0 Å². The van der Waals surface area contributed by atoms with E-state index in [-0.39, 0.29) is 49.6 Å². The second-order valence-corrected chi connectivity index (χ2v) is 16.9. The molecule has 0 atom stereocenters. The minimum absolute atomic E-state index is 0.117. The first kappa shape index (κ1) is 51.8. The standard InChI is InChI=1S/C26H49N3O6.C16H32N2O3/c1-26(2,22-34-24(32)10-13-27-12-8-17-28-15-5-6-16-28)23-35-25(33)11-19-29(18-9-21-31)14-4-3-7-20-30;1-16(2,13-20-3)14-21-15(19)7-9-17-8-6-12-18-10-4-5-11-18/h21,27,30H,3-20,22-23H2,1-2H3;17H,4-14H2,1-3H3. The largest absolute Gasteiger partial charge is 0.465 e. The summed E-state index contributed by atoms with van der Waals surface area (Å²) in [4.78, 5) is 53.7. The van der Waals surface area contributed by atoms with Crippen LogP contribution in [-0.2, 0) is 38.1 Å². The maximum absolute atomic E-state index is 12.2. The van der Waals surface area contributed by atoms with E-state index in [1.807, 2.05) is 27.7 Å². The van der Waals surface area contributed by atoms with Crippen molar-refractivity contribution in [3.63, 3.8) is 0 Å². The van der Waals surface area contributed by atoms with E-state index in [1.165, 1.54) is 58.4 Å². The van der Waals surface area contributed by atoms with E-state index in [2.05, 4.69) is 25.3 Å². The zero-order chi connectivity index (χ0) is 41.3. The smallest absolute Gasteiger partial charge is 0.307 e. The Morgan fingerprint density at radius 3 is 1.54 bits per heavy atom. The quantitative estimate of drug-likeness (QED) is 0.0382. The molecule has 0 aromatic rings. The monoisotopic (exact) mass is 800 g/mol. The molecule has 56 heavy (non-hydrogen) atoms. The number of esters is 3. The topological polar surface area (TPSA) is 159 Å². The van der Waals surface area contributed by atoms with Crippen molar-refractivity contribution >= 4 is 24.2 Å². The molecule has 0 aliphatic carbocycles. The third-order valence-electron chi connectivity index (χ3n) is 9.80. The third kappa shape index (κ3) is 30.0. The summed E-state index contributed by atoms with van der Waals surface area (Å²) in [6.07, 6.45) is 12.5. The first-order valence-electron chi connectivity index (χ1n) is 21.5. The predicted octanol–water partition coefficient (Wildman–Crippen LogP) is 3.68. The Bertz CT molecular complexity index is 1020. The number of unbranched alkanes of at least 4 members (excludes halogenated alkanes) is 2. The zero-order valence-corrected chi connectivity index (χ0v) is 36.1. The minimum atomic E-state index is -0.462. The predicted molar refractivity (Wildman–Crippen MR) is 221 cm³/mol. The van der Waals surface area contributed by atoms with Gasteiger partial charge in [-0.15, -0.1) is 0 Å². The molecule has 2 aliphatic heterocycles. The number of methoxy groups -OCH3 is 1. The highest BCUT2D eigenvalue weighted by Crippen LogP contribution is 2.17. The molecular formula is C42H81N5O9. The van der Waals surface area contributed by atoms with E-state index < -0.39 is 5.41 Å². The van der Waals surface area contributed by atoms with Gasteiger partial charge in [0, 0.05) is 57.1 Å². The molecule has 0 unspecified atom stereocenters. The molecule has 0 amide bonds. The number of ether oxygens (including phenoxy) is 4. The number of carbonyl (C=O) groups excluding carboxylic acids is 4. The average molecular weight is 800 g/mol. The molecule has 2 rings (SSSR count). The van der Waals surface area contributed by atoms with Crippen LogP contribution in [0.15, 0.2) is 0 Å². The van der Waals surface area contributed by atoms with E-state index >= 15 is 0 Å². The van der Waals surface area contributed by atoms with Crippen LogP contribution in [0.4, 0.5) is 0 Å². The number of carbonyl (C=O) groups is 4. The van der Waals surface area contributed by atoms with E-state index in [1.54, 1.807) is 7.11 Å². The van der Waals surface area contributed by atoms with Crippen LogP contribution in [0, 0.1) is 10.8 Å². The summed E-state index contributed by atoms with van der Waals surface area (Å²) in [6.45, 7) is 21.8. The highest BCUT2D eigenvalue weighted by atomic mass is 16.5. The minimum Gasteiger partial charge on any atom is -0.465 e. The second-order valence-electron chi connectivity index (χ2n) is 16.9. The molecule has 2 heterocycles. The number of aliphatic hydroxyl groups excluding tert-OH is 1. The maximum atomic E-state index is 12.2. The Balaban J connectivity index is 0.000000635. The molecule has 2 aliphatic rings. The maximum Gasteiger partial charge on any atom is 0.307 e. The Hall–Kier alpha value is -2.20. The van der Waals surface area contributed by atoms with E-state index in [0.717, 1.165) is 64.6 Å². The molecule has 0 aromatic heterocycles. The molecular weight excluding hydrogens is 718 g/mol. The van der Waals surface area contributed by atoms with Gasteiger partial charge in [-0.05, 0) is 117 Å². The summed E-state index contributed by atoms with van der Waals surface area (Å²) < 4.78 is 21.2. The van der Waals surface area contributed by atoms with Crippen molar-refractivity contribution in [3.8, 4) is 0 Å². The Morgan fingerprint density at radius 2 is 1.09 bits per heavy atom. The summed E-state index contributed by atoms with van der Waals surface area (Å²) in [5, 5.41) is 15.5. The van der Waals surface area contributed by atoms with Crippen LogP contribution in [0.3, 0.4) is 0 Å². The van der Waals surface area contributed by atoms with Gasteiger partial charge in [-0.3, -0.25) is 14.4 Å². The molecule has 0 bridgehead atoms. The fraction of sp³-hybridized carbons (Fsp3) is 0.905. The molecule has 0 spiro atoms. The number of aliphatic hydroxyl groups is 1. The van der Waals surface area contributed by atoms with Crippen LogP contribution in [0.25, 0.3) is 0 Å². The van der Waals surface area contributed by atoms with Gasteiger partial charge >= 0.3 is 17.9 Å². The van der Waals surface area contributed by atoms with Crippen molar-refractivity contribution < 1.29 is 43.2 Å². The lowest BCUT2D eigenvalue weighted by Crippen LogP contribution is -2.32. The van der Waals surface area contributed by atoms with Crippen molar-refractivity contribution in [2.75, 3.05) is 125 Å². The first-order chi connectivity index (χ1) is 26.9. The molecule has 3 N–H and O–H groups in total. The lowest BCUT2D eigenvalue weighted by Gasteiger charge is -2.24. The summed E-state index contributed by atoms with van der Waals surface area (Å²) in [6, 6.07) is 0. The molecule has 14 nitrogen and oxygen atoms in total. The molecule has 0 radical (unpaired) electrons. The Kier molecular flexibility index (Phi) is 30.3. The molecule has 14 heteroatoms. The van der Waals surface area contributed by atoms with Crippen LogP contribution < -0.4 is 10.6 Å². The summed E-state index contributed by atoms with van der Waals surface area (Å²) in [7, 11) is 1.66. The fourth-order valence-corrected chi connectivity index (χ4v) is 6.46. The zero-order valence-electron chi connectivity index (χ0n) is 36.1. The van der Waals surface area contributed by atoms with Gasteiger partial charge in [-0.1, -0.05) is 27.7 Å². The van der Waals surface area contributed by atoms with Crippen LogP contribution in [0.5, 0.6) is 0 Å². The van der Waals surface area contributed by atoms with Gasteiger partial charge in [-0.2, -0.15) is 0 Å². The molecule has 2 saturated heterocycles. The van der Waals surface area contributed by atoms with Gasteiger partial charge in [0.15, 0.2) is 0 Å². The van der Waals surface area contributed by atoms with E-state index in [0.29, 0.717) is 58.7 Å². The van der Waals surface area contributed by atoms with Crippen molar-refractivity contribution in [2.24, 2.45) is 10.8 Å². The molecule has 0 saturated carbocycles. The normalized spacial score (nSPS) is 15.1. The summed E-state index contributed by atoms with van der Waals surface area (Å²) >= 11 is 0. The van der Waals surface area contributed by atoms with Gasteiger partial charge in [0.2, 0.25) is 0 Å². The van der Waals surface area contributed by atoms with Crippen molar-refractivity contribution in [2.45, 2.75) is 111 Å². The lowest BCUT2D eigenvalue weighted by molar-refractivity contribution is -0.153. The van der Waals surface area contributed by atoms with Crippen molar-refractivity contribution in [1.82, 2.24) is 25.3 Å². The number of aldehydes is 1. The Labute approximate surface area is 339 Å². The van der Waals surface area contributed by atoms with Gasteiger partial charge in [0.05, 0.1) is 45.7 Å². The second kappa shape index (κ2) is 32.7. The molecule has 2 fully saturated rings. The van der Waals surface area contributed by atoms with Crippen LogP contribution >= 0.6 is 0 Å².